The Morgan fingerprint density at radius 2 is 1.35 bits per heavy atom. The number of nitrogens with one attached hydrogen (secondary N) is 1. The molecule has 1 fully saturated rings. The van der Waals surface area contributed by atoms with E-state index < -0.39 is 7.29 Å². The van der Waals surface area contributed by atoms with Crippen LogP contribution in [0.3, 0.4) is 0 Å². The highest BCUT2D eigenvalue weighted by atomic mass is 31.2. The summed E-state index contributed by atoms with van der Waals surface area (Å²) in [5.74, 6) is 0. The zero-order chi connectivity index (χ0) is 16.0. The van der Waals surface area contributed by atoms with Gasteiger partial charge in [0.25, 0.3) is 0 Å². The third kappa shape index (κ3) is 4.11. The molecule has 0 spiro atoms. The Balaban J connectivity index is 1.75. The standard InChI is InChI=1S/C19H25N2OP/c22-23(18-10-4-1-5-11-18,19-12-6-2-7-13-19)20-14-17-21-15-8-3-9-16-21/h1-2,4-7,10-13H,3,8-9,14-17H2,(H,20,22). The molecule has 2 aromatic rings. The molecule has 3 nitrogen and oxygen atoms in total. The van der Waals surface area contributed by atoms with E-state index >= 15 is 0 Å². The number of rotatable bonds is 6. The SMILES string of the molecule is O=P(NCCN1CCCCC1)(c1ccccc1)c1ccccc1. The molecule has 2 aromatic carbocycles. The van der Waals surface area contributed by atoms with Crippen LogP contribution in [0.5, 0.6) is 0 Å². The molecule has 122 valence electrons. The molecule has 0 unspecified atom stereocenters. The topological polar surface area (TPSA) is 32.3 Å². The lowest BCUT2D eigenvalue weighted by atomic mass is 10.1. The summed E-state index contributed by atoms with van der Waals surface area (Å²) < 4.78 is 13.7. The first-order chi connectivity index (χ1) is 11.3. The Morgan fingerprint density at radius 1 is 0.826 bits per heavy atom. The highest BCUT2D eigenvalue weighted by Gasteiger charge is 2.26. The molecule has 1 aliphatic heterocycles. The van der Waals surface area contributed by atoms with Gasteiger partial charge < -0.3 is 4.90 Å². The number of hydrogen-bond acceptors (Lipinski definition) is 2. The molecule has 3 rings (SSSR count). The molecule has 0 aliphatic carbocycles. The van der Waals surface area contributed by atoms with E-state index in [0.717, 1.165) is 23.7 Å². The molecule has 1 heterocycles. The summed E-state index contributed by atoms with van der Waals surface area (Å²) in [6.45, 7) is 4.05. The third-order valence-corrected chi connectivity index (χ3v) is 7.17. The summed E-state index contributed by atoms with van der Waals surface area (Å²) >= 11 is 0. The van der Waals surface area contributed by atoms with Crippen LogP contribution >= 0.6 is 7.29 Å². The second kappa shape index (κ2) is 7.92. The van der Waals surface area contributed by atoms with Crippen molar-refractivity contribution < 1.29 is 4.57 Å². The van der Waals surface area contributed by atoms with E-state index in [2.05, 4.69) is 9.99 Å². The quantitative estimate of drug-likeness (QED) is 0.828. The Kier molecular flexibility index (Phi) is 5.66. The molecule has 23 heavy (non-hydrogen) atoms. The van der Waals surface area contributed by atoms with Crippen molar-refractivity contribution in [2.75, 3.05) is 26.2 Å². The fourth-order valence-corrected chi connectivity index (χ4v) is 5.42. The van der Waals surface area contributed by atoms with Crippen molar-refractivity contribution in [2.24, 2.45) is 0 Å². The second-order valence-electron chi connectivity index (χ2n) is 6.09. The Hall–Kier alpha value is -1.41. The molecule has 0 radical (unpaired) electrons. The molecule has 0 aromatic heterocycles. The minimum atomic E-state index is -2.77. The van der Waals surface area contributed by atoms with Crippen LogP contribution in [0.2, 0.25) is 0 Å². The van der Waals surface area contributed by atoms with Crippen molar-refractivity contribution in [3.05, 3.63) is 60.7 Å². The van der Waals surface area contributed by atoms with E-state index in [1.807, 2.05) is 60.7 Å². The highest BCUT2D eigenvalue weighted by molar-refractivity contribution is 7.76. The van der Waals surface area contributed by atoms with Crippen molar-refractivity contribution in [3.63, 3.8) is 0 Å². The Labute approximate surface area is 139 Å². The van der Waals surface area contributed by atoms with E-state index in [-0.39, 0.29) is 0 Å². The average Bonchev–Trinajstić information content (AvgIpc) is 2.64. The molecule has 0 saturated carbocycles. The van der Waals surface area contributed by atoms with Gasteiger partial charge in [-0.15, -0.1) is 0 Å². The molecule has 1 N–H and O–H groups in total. The van der Waals surface area contributed by atoms with Gasteiger partial charge in [-0.3, -0.25) is 9.65 Å². The van der Waals surface area contributed by atoms with Gasteiger partial charge in [-0.25, -0.2) is 0 Å². The van der Waals surface area contributed by atoms with Crippen LogP contribution in [0.4, 0.5) is 0 Å². The van der Waals surface area contributed by atoms with Crippen LogP contribution in [0, 0.1) is 0 Å². The van der Waals surface area contributed by atoms with E-state index in [9.17, 15) is 4.57 Å². The minimum absolute atomic E-state index is 0.751. The molecule has 1 saturated heterocycles. The number of hydrogen-bond donors (Lipinski definition) is 1. The molecular formula is C19H25N2OP. The van der Waals surface area contributed by atoms with E-state index in [4.69, 9.17) is 0 Å². The smallest absolute Gasteiger partial charge is 0.204 e. The summed E-state index contributed by atoms with van der Waals surface area (Å²) in [5.41, 5.74) is 0. The predicted octanol–water partition coefficient (Wildman–Crippen LogP) is 2.99. The lowest BCUT2D eigenvalue weighted by Crippen LogP contribution is -2.37. The van der Waals surface area contributed by atoms with Gasteiger partial charge in [-0.2, -0.15) is 0 Å². The van der Waals surface area contributed by atoms with Crippen LogP contribution in [0.25, 0.3) is 0 Å². The largest absolute Gasteiger partial charge is 0.302 e. The van der Waals surface area contributed by atoms with Gasteiger partial charge in [0.15, 0.2) is 0 Å². The summed E-state index contributed by atoms with van der Waals surface area (Å²) in [4.78, 5) is 2.47. The van der Waals surface area contributed by atoms with Crippen molar-refractivity contribution in [2.45, 2.75) is 19.3 Å². The van der Waals surface area contributed by atoms with Crippen LogP contribution in [0.1, 0.15) is 19.3 Å². The Bertz CT molecular complexity index is 595. The second-order valence-corrected chi connectivity index (χ2v) is 8.66. The first-order valence-electron chi connectivity index (χ1n) is 8.48. The summed E-state index contributed by atoms with van der Waals surface area (Å²) in [6.07, 6.45) is 3.92. The molecule has 0 atom stereocenters. The number of likely N-dealkylation sites (tertiary alicyclic amines) is 1. The van der Waals surface area contributed by atoms with Gasteiger partial charge in [0.05, 0.1) is 0 Å². The maximum atomic E-state index is 13.7. The number of nitrogens with zero attached hydrogens (tertiary/aromatic N) is 1. The zero-order valence-corrected chi connectivity index (χ0v) is 14.4. The summed E-state index contributed by atoms with van der Waals surface area (Å²) in [5, 5.41) is 5.15. The minimum Gasteiger partial charge on any atom is -0.302 e. The fraction of sp³-hybridized carbons (Fsp3) is 0.368. The van der Waals surface area contributed by atoms with Gasteiger partial charge >= 0.3 is 0 Å². The van der Waals surface area contributed by atoms with E-state index in [0.29, 0.717) is 0 Å². The Morgan fingerprint density at radius 3 is 1.87 bits per heavy atom. The van der Waals surface area contributed by atoms with Crippen LogP contribution in [-0.2, 0) is 4.57 Å². The zero-order valence-electron chi connectivity index (χ0n) is 13.5. The highest BCUT2D eigenvalue weighted by Crippen LogP contribution is 2.38. The van der Waals surface area contributed by atoms with Crippen LogP contribution in [-0.4, -0.2) is 31.1 Å². The first-order valence-corrected chi connectivity index (χ1v) is 10.2. The van der Waals surface area contributed by atoms with Crippen LogP contribution in [0.15, 0.2) is 60.7 Å². The maximum absolute atomic E-state index is 13.7. The monoisotopic (exact) mass is 328 g/mol. The van der Waals surface area contributed by atoms with Crippen molar-refractivity contribution in [1.82, 2.24) is 9.99 Å². The van der Waals surface area contributed by atoms with Gasteiger partial charge in [0, 0.05) is 23.7 Å². The van der Waals surface area contributed by atoms with Gasteiger partial charge in [-0.05, 0) is 50.2 Å². The summed E-state index contributed by atoms with van der Waals surface area (Å²) in [6, 6.07) is 19.6. The molecule has 1 aliphatic rings. The lowest BCUT2D eigenvalue weighted by molar-refractivity contribution is 0.233. The van der Waals surface area contributed by atoms with Crippen molar-refractivity contribution in [3.8, 4) is 0 Å². The summed E-state index contributed by atoms with van der Waals surface area (Å²) in [7, 11) is -2.77. The lowest BCUT2D eigenvalue weighted by Gasteiger charge is -2.28. The van der Waals surface area contributed by atoms with E-state index in [1.165, 1.54) is 32.4 Å². The van der Waals surface area contributed by atoms with Crippen LogP contribution < -0.4 is 15.7 Å². The predicted molar refractivity (Wildman–Crippen MR) is 98.1 cm³/mol. The van der Waals surface area contributed by atoms with Crippen molar-refractivity contribution >= 4 is 17.9 Å². The van der Waals surface area contributed by atoms with Gasteiger partial charge in [0.1, 0.15) is 0 Å². The molecule has 0 bridgehead atoms. The van der Waals surface area contributed by atoms with Gasteiger partial charge in [0.2, 0.25) is 7.29 Å². The third-order valence-electron chi connectivity index (χ3n) is 4.45. The maximum Gasteiger partial charge on any atom is 0.204 e. The first kappa shape index (κ1) is 16.4. The van der Waals surface area contributed by atoms with Crippen molar-refractivity contribution in [1.29, 1.82) is 0 Å². The molecular weight excluding hydrogens is 303 g/mol. The number of benzene rings is 2. The number of piperidine rings is 1. The van der Waals surface area contributed by atoms with Gasteiger partial charge in [-0.1, -0.05) is 42.8 Å². The molecule has 0 amide bonds. The molecule has 4 heteroatoms. The average molecular weight is 328 g/mol. The van der Waals surface area contributed by atoms with E-state index in [1.54, 1.807) is 0 Å². The fourth-order valence-electron chi connectivity index (χ4n) is 3.16. The normalized spacial score (nSPS) is 16.3.